The standard InChI is InChI=1S/C14H23NO/c1-12-2-4-13(5-3-12)6-8-15-10-14-7-9-16-11-14/h7,9,11-13,15H,2-6,8,10H2,1H3. The molecule has 1 aliphatic carbocycles. The Balaban J connectivity index is 1.55. The summed E-state index contributed by atoms with van der Waals surface area (Å²) in [5.41, 5.74) is 1.25. The zero-order valence-electron chi connectivity index (χ0n) is 10.2. The summed E-state index contributed by atoms with van der Waals surface area (Å²) < 4.78 is 5.03. The minimum Gasteiger partial charge on any atom is -0.472 e. The summed E-state index contributed by atoms with van der Waals surface area (Å²) in [7, 11) is 0. The van der Waals surface area contributed by atoms with Gasteiger partial charge in [0.25, 0.3) is 0 Å². The fourth-order valence-corrected chi connectivity index (χ4v) is 2.55. The zero-order chi connectivity index (χ0) is 11.2. The Morgan fingerprint density at radius 1 is 1.31 bits per heavy atom. The average molecular weight is 221 g/mol. The Hall–Kier alpha value is -0.760. The normalized spacial score (nSPS) is 25.8. The molecular formula is C14H23NO. The predicted molar refractivity (Wildman–Crippen MR) is 66.2 cm³/mol. The molecular weight excluding hydrogens is 198 g/mol. The van der Waals surface area contributed by atoms with E-state index in [9.17, 15) is 0 Å². The van der Waals surface area contributed by atoms with Crippen LogP contribution in [-0.2, 0) is 6.54 Å². The van der Waals surface area contributed by atoms with E-state index in [4.69, 9.17) is 4.42 Å². The summed E-state index contributed by atoms with van der Waals surface area (Å²) in [6.45, 7) is 4.47. The maximum Gasteiger partial charge on any atom is 0.0947 e. The number of hydrogen-bond donors (Lipinski definition) is 1. The van der Waals surface area contributed by atoms with Crippen molar-refractivity contribution < 1.29 is 4.42 Å². The van der Waals surface area contributed by atoms with Crippen LogP contribution in [0, 0.1) is 11.8 Å². The molecule has 2 rings (SSSR count). The Labute approximate surface area is 98.4 Å². The molecule has 0 saturated heterocycles. The number of rotatable bonds is 5. The second-order valence-electron chi connectivity index (χ2n) is 5.22. The SMILES string of the molecule is CC1CCC(CCNCc2ccoc2)CC1. The summed E-state index contributed by atoms with van der Waals surface area (Å²) in [6.07, 6.45) is 10.6. The minimum absolute atomic E-state index is 0.944. The lowest BCUT2D eigenvalue weighted by Crippen LogP contribution is -2.20. The van der Waals surface area contributed by atoms with E-state index in [2.05, 4.69) is 12.2 Å². The molecule has 1 aromatic rings. The third-order valence-electron chi connectivity index (χ3n) is 3.77. The van der Waals surface area contributed by atoms with Crippen molar-refractivity contribution in [2.45, 2.75) is 45.6 Å². The molecule has 1 aliphatic rings. The van der Waals surface area contributed by atoms with Crippen molar-refractivity contribution in [1.82, 2.24) is 5.32 Å². The molecule has 0 aromatic carbocycles. The molecule has 0 atom stereocenters. The lowest BCUT2D eigenvalue weighted by molar-refractivity contribution is 0.275. The highest BCUT2D eigenvalue weighted by atomic mass is 16.3. The molecule has 0 spiro atoms. The molecule has 1 saturated carbocycles. The Bertz CT molecular complexity index is 273. The third-order valence-corrected chi connectivity index (χ3v) is 3.77. The van der Waals surface area contributed by atoms with Gasteiger partial charge < -0.3 is 9.73 Å². The Kier molecular flexibility index (Phi) is 4.46. The fraction of sp³-hybridized carbons (Fsp3) is 0.714. The molecule has 2 heteroatoms. The Morgan fingerprint density at radius 3 is 2.81 bits per heavy atom. The van der Waals surface area contributed by atoms with E-state index in [0.29, 0.717) is 0 Å². The van der Waals surface area contributed by atoms with Crippen LogP contribution in [0.5, 0.6) is 0 Å². The Morgan fingerprint density at radius 2 is 2.12 bits per heavy atom. The largest absolute Gasteiger partial charge is 0.472 e. The number of nitrogens with one attached hydrogen (secondary N) is 1. The van der Waals surface area contributed by atoms with Crippen molar-refractivity contribution in [2.24, 2.45) is 11.8 Å². The van der Waals surface area contributed by atoms with Gasteiger partial charge >= 0.3 is 0 Å². The van der Waals surface area contributed by atoms with Crippen LogP contribution < -0.4 is 5.32 Å². The van der Waals surface area contributed by atoms with Crippen LogP contribution in [0.3, 0.4) is 0 Å². The van der Waals surface area contributed by atoms with Crippen LogP contribution in [0.2, 0.25) is 0 Å². The maximum absolute atomic E-state index is 5.03. The predicted octanol–water partition coefficient (Wildman–Crippen LogP) is 3.59. The summed E-state index contributed by atoms with van der Waals surface area (Å²) in [6, 6.07) is 2.02. The molecule has 1 heterocycles. The molecule has 90 valence electrons. The molecule has 2 nitrogen and oxygen atoms in total. The maximum atomic E-state index is 5.03. The highest BCUT2D eigenvalue weighted by molar-refractivity contribution is 5.04. The van der Waals surface area contributed by atoms with Gasteiger partial charge in [-0.3, -0.25) is 0 Å². The highest BCUT2D eigenvalue weighted by Crippen LogP contribution is 2.29. The van der Waals surface area contributed by atoms with Gasteiger partial charge in [-0.2, -0.15) is 0 Å². The summed E-state index contributed by atoms with van der Waals surface area (Å²) in [4.78, 5) is 0. The zero-order valence-corrected chi connectivity index (χ0v) is 10.2. The van der Waals surface area contributed by atoms with E-state index in [-0.39, 0.29) is 0 Å². The smallest absolute Gasteiger partial charge is 0.0947 e. The third kappa shape index (κ3) is 3.67. The van der Waals surface area contributed by atoms with Gasteiger partial charge in [0.15, 0.2) is 0 Å². The molecule has 16 heavy (non-hydrogen) atoms. The van der Waals surface area contributed by atoms with Gasteiger partial charge in [-0.1, -0.05) is 32.6 Å². The van der Waals surface area contributed by atoms with Crippen molar-refractivity contribution >= 4 is 0 Å². The second kappa shape index (κ2) is 6.09. The van der Waals surface area contributed by atoms with E-state index < -0.39 is 0 Å². The number of hydrogen-bond acceptors (Lipinski definition) is 2. The fourth-order valence-electron chi connectivity index (χ4n) is 2.55. The van der Waals surface area contributed by atoms with Gasteiger partial charge in [-0.15, -0.1) is 0 Å². The van der Waals surface area contributed by atoms with Gasteiger partial charge in [0, 0.05) is 12.1 Å². The van der Waals surface area contributed by atoms with Crippen molar-refractivity contribution in [2.75, 3.05) is 6.54 Å². The monoisotopic (exact) mass is 221 g/mol. The highest BCUT2D eigenvalue weighted by Gasteiger charge is 2.17. The molecule has 1 aromatic heterocycles. The van der Waals surface area contributed by atoms with E-state index in [1.54, 1.807) is 6.26 Å². The van der Waals surface area contributed by atoms with Crippen molar-refractivity contribution in [1.29, 1.82) is 0 Å². The summed E-state index contributed by atoms with van der Waals surface area (Å²) >= 11 is 0. The van der Waals surface area contributed by atoms with Crippen LogP contribution in [0.25, 0.3) is 0 Å². The lowest BCUT2D eigenvalue weighted by atomic mass is 9.81. The van der Waals surface area contributed by atoms with Crippen LogP contribution in [-0.4, -0.2) is 6.54 Å². The van der Waals surface area contributed by atoms with Crippen LogP contribution in [0.1, 0.15) is 44.6 Å². The lowest BCUT2D eigenvalue weighted by Gasteiger charge is -2.26. The molecule has 0 radical (unpaired) electrons. The number of furan rings is 1. The molecule has 1 fully saturated rings. The van der Waals surface area contributed by atoms with Gasteiger partial charge in [0.1, 0.15) is 0 Å². The van der Waals surface area contributed by atoms with Gasteiger partial charge in [-0.25, -0.2) is 0 Å². The van der Waals surface area contributed by atoms with E-state index in [1.807, 2.05) is 12.3 Å². The second-order valence-corrected chi connectivity index (χ2v) is 5.22. The molecule has 0 amide bonds. The quantitative estimate of drug-likeness (QED) is 0.769. The van der Waals surface area contributed by atoms with Gasteiger partial charge in [0.2, 0.25) is 0 Å². The summed E-state index contributed by atoms with van der Waals surface area (Å²) in [5, 5.41) is 3.49. The molecule has 0 unspecified atom stereocenters. The van der Waals surface area contributed by atoms with Gasteiger partial charge in [-0.05, 0) is 30.9 Å². The summed E-state index contributed by atoms with van der Waals surface area (Å²) in [5.74, 6) is 1.93. The van der Waals surface area contributed by atoms with Crippen molar-refractivity contribution in [3.05, 3.63) is 24.2 Å². The first-order valence-electron chi connectivity index (χ1n) is 6.56. The van der Waals surface area contributed by atoms with Crippen LogP contribution in [0.4, 0.5) is 0 Å². The van der Waals surface area contributed by atoms with Crippen LogP contribution >= 0.6 is 0 Å². The first-order valence-corrected chi connectivity index (χ1v) is 6.56. The first-order chi connectivity index (χ1) is 7.84. The minimum atomic E-state index is 0.944. The molecule has 0 bridgehead atoms. The average Bonchev–Trinajstić information content (AvgIpc) is 2.80. The van der Waals surface area contributed by atoms with E-state index in [0.717, 1.165) is 24.9 Å². The molecule has 0 aliphatic heterocycles. The topological polar surface area (TPSA) is 25.2 Å². The van der Waals surface area contributed by atoms with Gasteiger partial charge in [0.05, 0.1) is 12.5 Å². The first kappa shape index (κ1) is 11.7. The van der Waals surface area contributed by atoms with E-state index in [1.165, 1.54) is 37.7 Å². The van der Waals surface area contributed by atoms with Crippen LogP contribution in [0.15, 0.2) is 23.0 Å². The van der Waals surface area contributed by atoms with E-state index >= 15 is 0 Å². The van der Waals surface area contributed by atoms with Crippen molar-refractivity contribution in [3.63, 3.8) is 0 Å². The molecule has 1 N–H and O–H groups in total. The van der Waals surface area contributed by atoms with Crippen molar-refractivity contribution in [3.8, 4) is 0 Å².